The molecule has 1 saturated heterocycles. The maximum absolute atomic E-state index is 12.7. The van der Waals surface area contributed by atoms with E-state index in [0.717, 1.165) is 12.0 Å². The Bertz CT molecular complexity index is 397. The van der Waals surface area contributed by atoms with Crippen molar-refractivity contribution in [1.29, 1.82) is 0 Å². The van der Waals surface area contributed by atoms with E-state index >= 15 is 0 Å². The summed E-state index contributed by atoms with van der Waals surface area (Å²) in [7, 11) is 0. The van der Waals surface area contributed by atoms with E-state index in [-0.39, 0.29) is 24.9 Å². The molecule has 2 rings (SSSR count). The first-order valence-electron chi connectivity index (χ1n) is 7.02. The maximum atomic E-state index is 12.7. The van der Waals surface area contributed by atoms with Crippen LogP contribution in [0.2, 0.25) is 0 Å². The Balaban J connectivity index is 2.06. The van der Waals surface area contributed by atoms with Crippen molar-refractivity contribution in [2.45, 2.75) is 44.4 Å². The van der Waals surface area contributed by atoms with Crippen LogP contribution in [-0.2, 0) is 0 Å². The van der Waals surface area contributed by atoms with Gasteiger partial charge in [-0.3, -0.25) is 4.90 Å². The molecule has 20 heavy (non-hydrogen) atoms. The summed E-state index contributed by atoms with van der Waals surface area (Å²) in [5.74, 6) is -1.15. The van der Waals surface area contributed by atoms with Crippen LogP contribution in [0.4, 0.5) is 13.2 Å². The van der Waals surface area contributed by atoms with Crippen molar-refractivity contribution >= 4 is 11.3 Å². The van der Waals surface area contributed by atoms with E-state index in [0.29, 0.717) is 13.1 Å². The molecule has 2 unspecified atom stereocenters. The second-order valence-corrected chi connectivity index (χ2v) is 6.21. The Kier molecular flexibility index (Phi) is 5.09. The summed E-state index contributed by atoms with van der Waals surface area (Å²) >= 11 is 1.60. The lowest BCUT2D eigenvalue weighted by Crippen LogP contribution is -2.46. The SMILES string of the molecule is CCC(N)C(c1ccsc1)N1CCC(C(F)(F)F)CC1. The minimum absolute atomic E-state index is 0.0352. The summed E-state index contributed by atoms with van der Waals surface area (Å²) in [4.78, 5) is 2.12. The minimum atomic E-state index is -4.06. The van der Waals surface area contributed by atoms with Gasteiger partial charge in [0.2, 0.25) is 0 Å². The molecule has 1 aliphatic rings. The number of halogens is 3. The second kappa shape index (κ2) is 6.45. The molecule has 1 aliphatic heterocycles. The number of hydrogen-bond donors (Lipinski definition) is 1. The lowest BCUT2D eigenvalue weighted by molar-refractivity contribution is -0.186. The number of alkyl halides is 3. The molecular weight excluding hydrogens is 285 g/mol. The molecule has 1 aromatic heterocycles. The van der Waals surface area contributed by atoms with Crippen molar-refractivity contribution < 1.29 is 13.2 Å². The first-order chi connectivity index (χ1) is 9.43. The maximum Gasteiger partial charge on any atom is 0.391 e. The topological polar surface area (TPSA) is 29.3 Å². The first kappa shape index (κ1) is 15.8. The van der Waals surface area contributed by atoms with Crippen LogP contribution in [0.25, 0.3) is 0 Å². The Morgan fingerprint density at radius 2 is 2.05 bits per heavy atom. The van der Waals surface area contributed by atoms with E-state index in [1.54, 1.807) is 11.3 Å². The zero-order chi connectivity index (χ0) is 14.8. The van der Waals surface area contributed by atoms with Gasteiger partial charge in [0, 0.05) is 6.04 Å². The van der Waals surface area contributed by atoms with Gasteiger partial charge in [0.1, 0.15) is 0 Å². The van der Waals surface area contributed by atoms with Gasteiger partial charge in [-0.2, -0.15) is 24.5 Å². The van der Waals surface area contributed by atoms with Gasteiger partial charge in [-0.15, -0.1) is 0 Å². The van der Waals surface area contributed by atoms with Crippen LogP contribution < -0.4 is 5.73 Å². The van der Waals surface area contributed by atoms with E-state index in [9.17, 15) is 13.2 Å². The molecule has 0 spiro atoms. The fourth-order valence-corrected chi connectivity index (χ4v) is 3.59. The van der Waals surface area contributed by atoms with E-state index in [2.05, 4.69) is 10.3 Å². The average Bonchev–Trinajstić information content (AvgIpc) is 2.92. The van der Waals surface area contributed by atoms with Gasteiger partial charge in [0.25, 0.3) is 0 Å². The highest BCUT2D eigenvalue weighted by Gasteiger charge is 2.42. The molecular formula is C14H21F3N2S. The second-order valence-electron chi connectivity index (χ2n) is 5.43. The number of thiophene rings is 1. The molecule has 114 valence electrons. The Labute approximate surface area is 121 Å². The van der Waals surface area contributed by atoms with Crippen LogP contribution >= 0.6 is 11.3 Å². The Morgan fingerprint density at radius 1 is 1.40 bits per heavy atom. The Hall–Kier alpha value is -0.590. The smallest absolute Gasteiger partial charge is 0.326 e. The highest BCUT2D eigenvalue weighted by molar-refractivity contribution is 7.07. The number of rotatable bonds is 4. The van der Waals surface area contributed by atoms with E-state index in [1.807, 2.05) is 18.4 Å². The van der Waals surface area contributed by atoms with Crippen LogP contribution in [0.15, 0.2) is 16.8 Å². The molecule has 1 aromatic rings. The fraction of sp³-hybridized carbons (Fsp3) is 0.714. The van der Waals surface area contributed by atoms with Crippen LogP contribution in [0.5, 0.6) is 0 Å². The number of hydrogen-bond acceptors (Lipinski definition) is 3. The Morgan fingerprint density at radius 3 is 2.50 bits per heavy atom. The fourth-order valence-electron chi connectivity index (χ4n) is 2.90. The van der Waals surface area contributed by atoms with E-state index in [1.165, 1.54) is 0 Å². The van der Waals surface area contributed by atoms with Crippen molar-refractivity contribution in [1.82, 2.24) is 4.90 Å². The molecule has 0 aromatic carbocycles. The van der Waals surface area contributed by atoms with E-state index < -0.39 is 12.1 Å². The number of piperidine rings is 1. The van der Waals surface area contributed by atoms with Gasteiger partial charge in [-0.25, -0.2) is 0 Å². The predicted molar refractivity (Wildman–Crippen MR) is 75.7 cm³/mol. The molecule has 2 N–H and O–H groups in total. The minimum Gasteiger partial charge on any atom is -0.326 e. The zero-order valence-corrected chi connectivity index (χ0v) is 12.4. The van der Waals surface area contributed by atoms with Crippen LogP contribution in [-0.4, -0.2) is 30.2 Å². The molecule has 6 heteroatoms. The third-order valence-corrected chi connectivity index (χ3v) is 4.85. The third-order valence-electron chi connectivity index (χ3n) is 4.15. The highest BCUT2D eigenvalue weighted by atomic mass is 32.1. The molecule has 0 saturated carbocycles. The summed E-state index contributed by atoms with van der Waals surface area (Å²) in [6.07, 6.45) is -2.88. The van der Waals surface area contributed by atoms with Crippen molar-refractivity contribution in [2.75, 3.05) is 13.1 Å². The zero-order valence-electron chi connectivity index (χ0n) is 11.6. The van der Waals surface area contributed by atoms with Crippen LogP contribution in [0.1, 0.15) is 37.8 Å². The first-order valence-corrected chi connectivity index (χ1v) is 7.96. The third kappa shape index (κ3) is 3.54. The lowest BCUT2D eigenvalue weighted by atomic mass is 9.91. The average molecular weight is 306 g/mol. The van der Waals surface area contributed by atoms with Crippen molar-refractivity contribution in [3.8, 4) is 0 Å². The standard InChI is InChI=1S/C14H21F3N2S/c1-2-12(18)13(10-5-8-20-9-10)19-6-3-11(4-7-19)14(15,16)17/h5,8-9,11-13H,2-4,6-7,18H2,1H3. The molecule has 2 atom stereocenters. The number of likely N-dealkylation sites (tertiary alicyclic amines) is 1. The molecule has 1 fully saturated rings. The van der Waals surface area contributed by atoms with Gasteiger partial charge in [-0.05, 0) is 54.7 Å². The molecule has 0 amide bonds. The van der Waals surface area contributed by atoms with Gasteiger partial charge < -0.3 is 5.73 Å². The number of nitrogens with two attached hydrogens (primary N) is 1. The molecule has 0 aliphatic carbocycles. The highest BCUT2D eigenvalue weighted by Crippen LogP contribution is 2.37. The molecule has 2 nitrogen and oxygen atoms in total. The number of nitrogens with zero attached hydrogens (tertiary/aromatic N) is 1. The van der Waals surface area contributed by atoms with Gasteiger partial charge in [0.15, 0.2) is 0 Å². The molecule has 2 heterocycles. The van der Waals surface area contributed by atoms with Crippen LogP contribution in [0.3, 0.4) is 0 Å². The summed E-state index contributed by atoms with van der Waals surface area (Å²) < 4.78 is 38.2. The van der Waals surface area contributed by atoms with Gasteiger partial charge in [0.05, 0.1) is 12.0 Å². The van der Waals surface area contributed by atoms with Crippen molar-refractivity contribution in [2.24, 2.45) is 11.7 Å². The summed E-state index contributed by atoms with van der Waals surface area (Å²) in [6.45, 7) is 2.96. The van der Waals surface area contributed by atoms with Crippen molar-refractivity contribution in [3.63, 3.8) is 0 Å². The monoisotopic (exact) mass is 306 g/mol. The summed E-state index contributed by atoms with van der Waals surface area (Å²) in [5.41, 5.74) is 7.33. The van der Waals surface area contributed by atoms with Gasteiger partial charge >= 0.3 is 6.18 Å². The summed E-state index contributed by atoms with van der Waals surface area (Å²) in [6, 6.07) is 2.04. The quantitative estimate of drug-likeness (QED) is 0.917. The van der Waals surface area contributed by atoms with Crippen LogP contribution in [0, 0.1) is 5.92 Å². The molecule has 0 radical (unpaired) electrons. The summed E-state index contributed by atoms with van der Waals surface area (Å²) in [5, 5.41) is 4.04. The lowest BCUT2D eigenvalue weighted by Gasteiger charge is -2.40. The van der Waals surface area contributed by atoms with Crippen molar-refractivity contribution in [3.05, 3.63) is 22.4 Å². The predicted octanol–water partition coefficient (Wildman–Crippen LogP) is 3.80. The largest absolute Gasteiger partial charge is 0.391 e. The molecule has 0 bridgehead atoms. The normalized spacial score (nSPS) is 21.9. The van der Waals surface area contributed by atoms with E-state index in [4.69, 9.17) is 5.73 Å². The van der Waals surface area contributed by atoms with Gasteiger partial charge in [-0.1, -0.05) is 6.92 Å².